The molecule has 0 bridgehead atoms. The van der Waals surface area contributed by atoms with Gasteiger partial charge in [0, 0.05) is 31.2 Å². The van der Waals surface area contributed by atoms with Gasteiger partial charge in [0.1, 0.15) is 0 Å². The second-order valence-electron chi connectivity index (χ2n) is 6.44. The maximum Gasteiger partial charge on any atom is 0.0197 e. The topological polar surface area (TPSA) is 15.3 Å². The van der Waals surface area contributed by atoms with Gasteiger partial charge < -0.3 is 5.32 Å². The fraction of sp³-hybridized carbons (Fsp3) is 1.00. The molecule has 0 aliphatic carbocycles. The van der Waals surface area contributed by atoms with Gasteiger partial charge in [0.05, 0.1) is 0 Å². The summed E-state index contributed by atoms with van der Waals surface area (Å²) in [6, 6.07) is 0.636. The highest BCUT2D eigenvalue weighted by Crippen LogP contribution is 2.26. The molecule has 0 radical (unpaired) electrons. The van der Waals surface area contributed by atoms with E-state index in [1.165, 1.54) is 6.54 Å². The number of nitrogens with zero attached hydrogens (tertiary/aromatic N) is 1. The average Bonchev–Trinajstić information content (AvgIpc) is 2.09. The summed E-state index contributed by atoms with van der Waals surface area (Å²) >= 11 is 0. The largest absolute Gasteiger partial charge is 0.315 e. The third kappa shape index (κ3) is 2.96. The lowest BCUT2D eigenvalue weighted by Crippen LogP contribution is -2.50. The summed E-state index contributed by atoms with van der Waals surface area (Å²) in [6.07, 6.45) is 0. The molecule has 0 aromatic carbocycles. The van der Waals surface area contributed by atoms with E-state index in [1.54, 1.807) is 0 Å². The molecule has 1 rings (SSSR count). The zero-order valence-corrected chi connectivity index (χ0v) is 10.6. The summed E-state index contributed by atoms with van der Waals surface area (Å²) in [5, 5.41) is 3.55. The molecule has 84 valence electrons. The summed E-state index contributed by atoms with van der Waals surface area (Å²) in [5.41, 5.74) is 0.667. The number of rotatable bonds is 0. The summed E-state index contributed by atoms with van der Waals surface area (Å²) in [5.74, 6) is 0. The first-order valence-electron chi connectivity index (χ1n) is 5.70. The Kier molecular flexibility index (Phi) is 3.27. The van der Waals surface area contributed by atoms with E-state index in [0.29, 0.717) is 11.5 Å². The maximum atomic E-state index is 3.55. The molecule has 0 amide bonds. The smallest absolute Gasteiger partial charge is 0.0197 e. The van der Waals surface area contributed by atoms with Gasteiger partial charge in [-0.2, -0.15) is 0 Å². The average molecular weight is 198 g/mol. The van der Waals surface area contributed by atoms with Crippen LogP contribution in [0, 0.1) is 5.41 Å². The van der Waals surface area contributed by atoms with Crippen LogP contribution in [0.25, 0.3) is 0 Å². The van der Waals surface area contributed by atoms with Gasteiger partial charge >= 0.3 is 0 Å². The van der Waals surface area contributed by atoms with E-state index in [-0.39, 0.29) is 5.54 Å². The van der Waals surface area contributed by atoms with Crippen molar-refractivity contribution in [2.75, 3.05) is 19.6 Å². The van der Waals surface area contributed by atoms with E-state index in [9.17, 15) is 0 Å². The van der Waals surface area contributed by atoms with Crippen LogP contribution in [0.15, 0.2) is 0 Å². The molecule has 0 spiro atoms. The molecule has 1 aliphatic rings. The molecular formula is C12H26N2. The van der Waals surface area contributed by atoms with Crippen LogP contribution in [0.5, 0.6) is 0 Å². The molecule has 1 aliphatic heterocycles. The second kappa shape index (κ2) is 3.82. The van der Waals surface area contributed by atoms with Crippen molar-refractivity contribution in [1.29, 1.82) is 0 Å². The van der Waals surface area contributed by atoms with E-state index < -0.39 is 0 Å². The summed E-state index contributed by atoms with van der Waals surface area (Å²) in [7, 11) is 0. The zero-order valence-electron chi connectivity index (χ0n) is 10.6. The minimum absolute atomic E-state index is 0.280. The van der Waals surface area contributed by atoms with Gasteiger partial charge in [0.15, 0.2) is 0 Å². The van der Waals surface area contributed by atoms with Crippen molar-refractivity contribution in [3.8, 4) is 0 Å². The Balaban J connectivity index is 2.79. The van der Waals surface area contributed by atoms with E-state index in [0.717, 1.165) is 13.1 Å². The predicted molar refractivity (Wildman–Crippen MR) is 62.6 cm³/mol. The van der Waals surface area contributed by atoms with E-state index >= 15 is 0 Å². The predicted octanol–water partition coefficient (Wildman–Crippen LogP) is 2.10. The van der Waals surface area contributed by atoms with Crippen molar-refractivity contribution in [3.05, 3.63) is 0 Å². The van der Waals surface area contributed by atoms with Gasteiger partial charge in [-0.15, -0.1) is 0 Å². The standard InChI is InChI=1S/C12H26N2/c1-10-7-13-8-12(5,6)9-14(10)11(2,3)4/h10,13H,7-9H2,1-6H3. The highest BCUT2D eigenvalue weighted by atomic mass is 15.2. The van der Waals surface area contributed by atoms with Gasteiger partial charge in [0.2, 0.25) is 0 Å². The van der Waals surface area contributed by atoms with Crippen LogP contribution in [0.4, 0.5) is 0 Å². The first-order valence-corrected chi connectivity index (χ1v) is 5.70. The van der Waals surface area contributed by atoms with Crippen LogP contribution in [0.1, 0.15) is 41.5 Å². The van der Waals surface area contributed by atoms with Crippen LogP contribution in [0.2, 0.25) is 0 Å². The van der Waals surface area contributed by atoms with Crippen LogP contribution in [-0.4, -0.2) is 36.1 Å². The monoisotopic (exact) mass is 198 g/mol. The van der Waals surface area contributed by atoms with Crippen molar-refractivity contribution in [2.45, 2.75) is 53.1 Å². The van der Waals surface area contributed by atoms with Crippen molar-refractivity contribution in [3.63, 3.8) is 0 Å². The van der Waals surface area contributed by atoms with Crippen LogP contribution in [0.3, 0.4) is 0 Å². The zero-order chi connectivity index (χ0) is 11.0. The summed E-state index contributed by atoms with van der Waals surface area (Å²) < 4.78 is 0. The minimum atomic E-state index is 0.280. The molecule has 14 heavy (non-hydrogen) atoms. The third-order valence-corrected chi connectivity index (χ3v) is 3.04. The Morgan fingerprint density at radius 1 is 1.29 bits per heavy atom. The van der Waals surface area contributed by atoms with Crippen molar-refractivity contribution in [2.24, 2.45) is 5.41 Å². The van der Waals surface area contributed by atoms with Crippen LogP contribution in [-0.2, 0) is 0 Å². The van der Waals surface area contributed by atoms with E-state index in [1.807, 2.05) is 0 Å². The fourth-order valence-corrected chi connectivity index (χ4v) is 2.30. The number of hydrogen-bond donors (Lipinski definition) is 1. The molecular weight excluding hydrogens is 172 g/mol. The Morgan fingerprint density at radius 3 is 2.36 bits per heavy atom. The Hall–Kier alpha value is -0.0800. The van der Waals surface area contributed by atoms with Crippen LogP contribution >= 0.6 is 0 Å². The Morgan fingerprint density at radius 2 is 1.86 bits per heavy atom. The molecule has 1 N–H and O–H groups in total. The number of hydrogen-bond acceptors (Lipinski definition) is 2. The molecule has 1 fully saturated rings. The van der Waals surface area contributed by atoms with E-state index in [4.69, 9.17) is 0 Å². The van der Waals surface area contributed by atoms with Gasteiger partial charge in [-0.05, 0) is 33.1 Å². The lowest BCUT2D eigenvalue weighted by Gasteiger charge is -2.42. The minimum Gasteiger partial charge on any atom is -0.315 e. The highest BCUT2D eigenvalue weighted by Gasteiger charge is 2.33. The summed E-state index contributed by atoms with van der Waals surface area (Å²) in [4.78, 5) is 2.62. The normalized spacial score (nSPS) is 30.0. The Bertz CT molecular complexity index is 188. The van der Waals surface area contributed by atoms with Gasteiger partial charge in [0.25, 0.3) is 0 Å². The molecule has 1 heterocycles. The molecule has 1 saturated heterocycles. The first-order chi connectivity index (χ1) is 6.22. The molecule has 1 unspecified atom stereocenters. The Labute approximate surface area is 89.1 Å². The number of nitrogens with one attached hydrogen (secondary N) is 1. The first kappa shape index (κ1) is 12.0. The molecule has 0 saturated carbocycles. The molecule has 2 heteroatoms. The summed E-state index contributed by atoms with van der Waals surface area (Å²) in [6.45, 7) is 17.4. The van der Waals surface area contributed by atoms with Gasteiger partial charge in [-0.25, -0.2) is 0 Å². The molecule has 0 aromatic rings. The lowest BCUT2D eigenvalue weighted by molar-refractivity contribution is 0.0670. The highest BCUT2D eigenvalue weighted by molar-refractivity contribution is 4.90. The van der Waals surface area contributed by atoms with Crippen molar-refractivity contribution < 1.29 is 0 Å². The van der Waals surface area contributed by atoms with Crippen LogP contribution < -0.4 is 5.32 Å². The fourth-order valence-electron chi connectivity index (χ4n) is 2.30. The third-order valence-electron chi connectivity index (χ3n) is 3.04. The quantitative estimate of drug-likeness (QED) is 0.641. The van der Waals surface area contributed by atoms with Crippen molar-refractivity contribution >= 4 is 0 Å². The van der Waals surface area contributed by atoms with Gasteiger partial charge in [-0.3, -0.25) is 4.90 Å². The molecule has 2 nitrogen and oxygen atoms in total. The van der Waals surface area contributed by atoms with Crippen molar-refractivity contribution in [1.82, 2.24) is 10.2 Å². The second-order valence-corrected chi connectivity index (χ2v) is 6.44. The van der Waals surface area contributed by atoms with Gasteiger partial charge in [-0.1, -0.05) is 13.8 Å². The molecule has 0 aromatic heterocycles. The molecule has 1 atom stereocenters. The lowest BCUT2D eigenvalue weighted by atomic mass is 9.90. The SMILES string of the molecule is CC1CNCC(C)(C)CN1C(C)(C)C. The maximum absolute atomic E-state index is 3.55. The van der Waals surface area contributed by atoms with E-state index in [2.05, 4.69) is 51.8 Å².